The Bertz CT molecular complexity index is 1320. The third kappa shape index (κ3) is 5.71. The molecular formula is C26H26F2N4O6. The molecule has 0 unspecified atom stereocenters. The van der Waals surface area contributed by atoms with Crippen LogP contribution in [-0.2, 0) is 27.3 Å². The highest BCUT2D eigenvalue weighted by molar-refractivity contribution is 6.43. The van der Waals surface area contributed by atoms with Gasteiger partial charge in [0.2, 0.25) is 6.29 Å². The van der Waals surface area contributed by atoms with Crippen LogP contribution in [0.1, 0.15) is 29.5 Å². The number of anilines is 1. The summed E-state index contributed by atoms with van der Waals surface area (Å²) in [6, 6.07) is 7.82. The van der Waals surface area contributed by atoms with Crippen molar-refractivity contribution in [2.24, 2.45) is 4.99 Å². The molecule has 200 valence electrons. The molecule has 0 aliphatic carbocycles. The van der Waals surface area contributed by atoms with Crippen LogP contribution in [0.5, 0.6) is 17.2 Å². The van der Waals surface area contributed by atoms with Crippen LogP contribution in [0.15, 0.2) is 41.5 Å². The SMILES string of the molecule is COc1cc(OC)c(F)c(COc2ccc(NC(=O)C3=Nc4nc(C(OC)OC)ccc4CC3)nc2)c1F. The van der Waals surface area contributed by atoms with Gasteiger partial charge in [0.05, 0.1) is 31.7 Å². The van der Waals surface area contributed by atoms with E-state index < -0.39 is 30.4 Å². The van der Waals surface area contributed by atoms with Gasteiger partial charge in [0.25, 0.3) is 5.91 Å². The van der Waals surface area contributed by atoms with Crippen molar-refractivity contribution >= 4 is 23.3 Å². The summed E-state index contributed by atoms with van der Waals surface area (Å²) in [5.74, 6) is -1.63. The Balaban J connectivity index is 1.42. The van der Waals surface area contributed by atoms with E-state index in [1.165, 1.54) is 46.8 Å². The molecule has 1 amide bonds. The van der Waals surface area contributed by atoms with Crippen LogP contribution in [0.25, 0.3) is 0 Å². The minimum absolute atomic E-state index is 0.171. The van der Waals surface area contributed by atoms with Crippen molar-refractivity contribution in [1.82, 2.24) is 9.97 Å². The Morgan fingerprint density at radius 2 is 1.71 bits per heavy atom. The summed E-state index contributed by atoms with van der Waals surface area (Å²) < 4.78 is 54.9. The van der Waals surface area contributed by atoms with Crippen molar-refractivity contribution in [3.8, 4) is 17.2 Å². The van der Waals surface area contributed by atoms with Crippen molar-refractivity contribution in [1.29, 1.82) is 0 Å². The molecule has 0 spiro atoms. The van der Waals surface area contributed by atoms with Gasteiger partial charge in [-0.2, -0.15) is 0 Å². The second-order valence-electron chi connectivity index (χ2n) is 8.09. The number of amides is 1. The highest BCUT2D eigenvalue weighted by Gasteiger charge is 2.22. The van der Waals surface area contributed by atoms with Crippen LogP contribution in [0, 0.1) is 11.6 Å². The van der Waals surface area contributed by atoms with Crippen LogP contribution >= 0.6 is 0 Å². The number of methoxy groups -OCH3 is 4. The molecule has 0 atom stereocenters. The third-order valence-corrected chi connectivity index (χ3v) is 5.81. The first-order chi connectivity index (χ1) is 18.4. The lowest BCUT2D eigenvalue weighted by molar-refractivity contribution is -0.110. The van der Waals surface area contributed by atoms with E-state index in [1.54, 1.807) is 6.07 Å². The number of rotatable bonds is 10. The molecule has 1 aliphatic heterocycles. The number of aliphatic imine (C=N–C) groups is 1. The number of benzene rings is 1. The quantitative estimate of drug-likeness (QED) is 0.388. The van der Waals surface area contributed by atoms with E-state index in [1.807, 2.05) is 6.07 Å². The number of hydrogen-bond acceptors (Lipinski definition) is 9. The number of nitrogens with zero attached hydrogens (tertiary/aromatic N) is 3. The predicted octanol–water partition coefficient (Wildman–Crippen LogP) is 4.30. The van der Waals surface area contributed by atoms with E-state index in [9.17, 15) is 13.6 Å². The van der Waals surface area contributed by atoms with Crippen molar-refractivity contribution in [3.63, 3.8) is 0 Å². The minimum Gasteiger partial charge on any atom is -0.494 e. The Hall–Kier alpha value is -4.16. The topological polar surface area (TPSA) is 113 Å². The van der Waals surface area contributed by atoms with Gasteiger partial charge in [-0.3, -0.25) is 4.79 Å². The van der Waals surface area contributed by atoms with Gasteiger partial charge in [0, 0.05) is 20.3 Å². The summed E-state index contributed by atoms with van der Waals surface area (Å²) in [6.07, 6.45) is 1.71. The van der Waals surface area contributed by atoms with Gasteiger partial charge in [0.15, 0.2) is 29.0 Å². The fourth-order valence-electron chi connectivity index (χ4n) is 3.80. The molecule has 0 saturated carbocycles. The Morgan fingerprint density at radius 3 is 2.32 bits per heavy atom. The lowest BCUT2D eigenvalue weighted by Crippen LogP contribution is -2.25. The standard InChI is InChI=1S/C26H26F2N4O6/c1-34-19-11-20(35-2)23(28)16(22(19)27)13-38-15-7-10-21(29-12-15)32-25(33)17-8-5-14-6-9-18(26(36-3)37-4)31-24(14)30-17/h6-7,9-12,26H,5,8,13H2,1-4H3,(H,29,32,33). The number of nitrogens with one attached hydrogen (secondary N) is 1. The number of aromatic nitrogens is 2. The lowest BCUT2D eigenvalue weighted by atomic mass is 10.0. The first kappa shape index (κ1) is 26.9. The number of aryl methyl sites for hydroxylation is 1. The minimum atomic E-state index is -0.890. The van der Waals surface area contributed by atoms with Crippen molar-refractivity contribution in [2.75, 3.05) is 33.8 Å². The fourth-order valence-corrected chi connectivity index (χ4v) is 3.80. The maximum absolute atomic E-state index is 14.5. The number of carbonyl (C=O) groups is 1. The molecule has 3 heterocycles. The van der Waals surface area contributed by atoms with Crippen molar-refractivity contribution in [3.05, 3.63) is 65.0 Å². The smallest absolute Gasteiger partial charge is 0.271 e. The number of pyridine rings is 2. The summed E-state index contributed by atoms with van der Waals surface area (Å²) in [6.45, 7) is -0.434. The molecular weight excluding hydrogens is 502 g/mol. The first-order valence-corrected chi connectivity index (χ1v) is 11.5. The molecule has 1 aliphatic rings. The van der Waals surface area contributed by atoms with E-state index >= 15 is 0 Å². The van der Waals surface area contributed by atoms with Crippen molar-refractivity contribution < 1.29 is 37.3 Å². The highest BCUT2D eigenvalue weighted by Crippen LogP contribution is 2.32. The largest absolute Gasteiger partial charge is 0.494 e. The summed E-state index contributed by atoms with van der Waals surface area (Å²) in [4.78, 5) is 25.8. The summed E-state index contributed by atoms with van der Waals surface area (Å²) >= 11 is 0. The summed E-state index contributed by atoms with van der Waals surface area (Å²) in [5, 5.41) is 2.68. The van der Waals surface area contributed by atoms with Gasteiger partial charge in [-0.25, -0.2) is 23.7 Å². The molecule has 0 saturated heterocycles. The maximum atomic E-state index is 14.5. The Kier molecular flexibility index (Phi) is 8.44. The molecule has 2 aromatic heterocycles. The van der Waals surface area contributed by atoms with Gasteiger partial charge in [-0.15, -0.1) is 0 Å². The normalized spacial score (nSPS) is 12.6. The molecule has 12 heteroatoms. The molecule has 0 fully saturated rings. The van der Waals surface area contributed by atoms with Crippen LogP contribution in [0.2, 0.25) is 0 Å². The zero-order valence-corrected chi connectivity index (χ0v) is 21.2. The fraction of sp³-hybridized carbons (Fsp3) is 0.308. The van der Waals surface area contributed by atoms with E-state index in [4.69, 9.17) is 23.7 Å². The third-order valence-electron chi connectivity index (χ3n) is 5.81. The monoisotopic (exact) mass is 528 g/mol. The van der Waals surface area contributed by atoms with Crippen LogP contribution in [-0.4, -0.2) is 50.0 Å². The van der Waals surface area contributed by atoms with Gasteiger partial charge in [-0.1, -0.05) is 6.07 Å². The van der Waals surface area contributed by atoms with Crippen molar-refractivity contribution in [2.45, 2.75) is 25.7 Å². The predicted molar refractivity (Wildman–Crippen MR) is 133 cm³/mol. The summed E-state index contributed by atoms with van der Waals surface area (Å²) in [5.41, 5.74) is 1.41. The second-order valence-corrected chi connectivity index (χ2v) is 8.09. The maximum Gasteiger partial charge on any atom is 0.271 e. The molecule has 0 bridgehead atoms. The number of ether oxygens (including phenoxy) is 5. The Morgan fingerprint density at radius 1 is 1.00 bits per heavy atom. The van der Waals surface area contributed by atoms with E-state index in [-0.39, 0.29) is 28.6 Å². The molecule has 3 aromatic rings. The van der Waals surface area contributed by atoms with Crippen LogP contribution < -0.4 is 19.5 Å². The molecule has 0 radical (unpaired) electrons. The number of halogens is 2. The molecule has 1 N–H and O–H groups in total. The zero-order valence-electron chi connectivity index (χ0n) is 21.2. The van der Waals surface area contributed by atoms with E-state index in [0.717, 1.165) is 11.6 Å². The van der Waals surface area contributed by atoms with E-state index in [0.29, 0.717) is 30.1 Å². The molecule has 38 heavy (non-hydrogen) atoms. The number of fused-ring (bicyclic) bond motifs is 1. The molecule has 10 nitrogen and oxygen atoms in total. The average Bonchev–Trinajstić information content (AvgIpc) is 2.94. The van der Waals surface area contributed by atoms with Gasteiger partial charge < -0.3 is 29.0 Å². The number of carbonyl (C=O) groups excluding carboxylic acids is 1. The molecule has 4 rings (SSSR count). The first-order valence-electron chi connectivity index (χ1n) is 11.5. The highest BCUT2D eigenvalue weighted by atomic mass is 19.1. The van der Waals surface area contributed by atoms with E-state index in [2.05, 4.69) is 20.3 Å². The van der Waals surface area contributed by atoms with Crippen LogP contribution in [0.3, 0.4) is 0 Å². The lowest BCUT2D eigenvalue weighted by Gasteiger charge is -2.18. The van der Waals surface area contributed by atoms with Gasteiger partial charge >= 0.3 is 0 Å². The average molecular weight is 529 g/mol. The Labute approximate surface area is 217 Å². The van der Waals surface area contributed by atoms with Gasteiger partial charge in [0.1, 0.15) is 23.9 Å². The zero-order chi connectivity index (χ0) is 27.2. The summed E-state index contributed by atoms with van der Waals surface area (Å²) in [7, 11) is 5.54. The second kappa shape index (κ2) is 11.9. The van der Waals surface area contributed by atoms with Gasteiger partial charge in [-0.05, 0) is 36.6 Å². The number of hydrogen-bond donors (Lipinski definition) is 1. The van der Waals surface area contributed by atoms with Crippen LogP contribution in [0.4, 0.5) is 20.4 Å². The molecule has 1 aromatic carbocycles.